The molecule has 5 heteroatoms. The third-order valence-corrected chi connectivity index (χ3v) is 9.55. The minimum absolute atomic E-state index is 0.168. The molecule has 1 aromatic carbocycles. The first-order valence-electron chi connectivity index (χ1n) is 9.18. The number of hydrogen-bond acceptors (Lipinski definition) is 4. The highest BCUT2D eigenvalue weighted by Crippen LogP contribution is 2.37. The molecule has 1 aromatic heterocycles. The first kappa shape index (κ1) is 20.9. The van der Waals surface area contributed by atoms with Crippen molar-refractivity contribution in [2.45, 2.75) is 64.6 Å². The van der Waals surface area contributed by atoms with Crippen molar-refractivity contribution in [1.82, 2.24) is 0 Å². The summed E-state index contributed by atoms with van der Waals surface area (Å²) in [5.74, 6) is 0.777. The SMILES string of the molecule is CC(C)(C)[Si](C)(C)OCc1ccoc1CC(O)COCc1ccccc1. The standard InChI is InChI=1S/C21H32O4Si/c1-21(2,3)26(4,5)25-15-18-11-12-24-20(18)13-19(22)16-23-14-17-9-7-6-8-10-17/h6-12,19,22H,13-16H2,1-5H3. The Balaban J connectivity index is 1.82. The maximum absolute atomic E-state index is 10.3. The fourth-order valence-electron chi connectivity index (χ4n) is 2.31. The van der Waals surface area contributed by atoms with Crippen LogP contribution < -0.4 is 0 Å². The van der Waals surface area contributed by atoms with Crippen molar-refractivity contribution in [1.29, 1.82) is 0 Å². The molecule has 1 N–H and O–H groups in total. The van der Waals surface area contributed by atoms with Crippen LogP contribution in [0.1, 0.15) is 37.7 Å². The van der Waals surface area contributed by atoms with Crippen molar-refractivity contribution < 1.29 is 18.7 Å². The van der Waals surface area contributed by atoms with E-state index in [1.807, 2.05) is 36.4 Å². The van der Waals surface area contributed by atoms with Crippen molar-refractivity contribution in [3.8, 4) is 0 Å². The Kier molecular flexibility index (Phi) is 7.23. The van der Waals surface area contributed by atoms with Crippen LogP contribution in [0.4, 0.5) is 0 Å². The van der Waals surface area contributed by atoms with E-state index in [-0.39, 0.29) is 11.6 Å². The first-order chi connectivity index (χ1) is 12.2. The van der Waals surface area contributed by atoms with Gasteiger partial charge in [-0.25, -0.2) is 0 Å². The van der Waals surface area contributed by atoms with E-state index in [0.717, 1.165) is 16.9 Å². The molecule has 0 saturated carbocycles. The summed E-state index contributed by atoms with van der Waals surface area (Å²) in [7, 11) is -1.81. The van der Waals surface area contributed by atoms with Gasteiger partial charge in [-0.15, -0.1) is 0 Å². The zero-order valence-corrected chi connectivity index (χ0v) is 17.6. The summed E-state index contributed by atoms with van der Waals surface area (Å²) in [6.07, 6.45) is 1.49. The van der Waals surface area contributed by atoms with E-state index < -0.39 is 14.4 Å². The lowest BCUT2D eigenvalue weighted by atomic mass is 10.1. The quantitative estimate of drug-likeness (QED) is 0.631. The molecule has 0 radical (unpaired) electrons. The molecule has 1 heterocycles. The van der Waals surface area contributed by atoms with Gasteiger partial charge in [-0.1, -0.05) is 51.1 Å². The molecule has 0 bridgehead atoms. The van der Waals surface area contributed by atoms with E-state index in [9.17, 15) is 5.11 Å². The molecule has 0 aliphatic carbocycles. The molecule has 2 aromatic rings. The monoisotopic (exact) mass is 376 g/mol. The summed E-state index contributed by atoms with van der Waals surface area (Å²) in [4.78, 5) is 0. The number of aliphatic hydroxyl groups is 1. The first-order valence-corrected chi connectivity index (χ1v) is 12.1. The van der Waals surface area contributed by atoms with E-state index in [0.29, 0.717) is 19.6 Å². The van der Waals surface area contributed by atoms with Crippen LogP contribution in [0.2, 0.25) is 18.1 Å². The highest BCUT2D eigenvalue weighted by Gasteiger charge is 2.37. The van der Waals surface area contributed by atoms with Gasteiger partial charge >= 0.3 is 0 Å². The predicted octanol–water partition coefficient (Wildman–Crippen LogP) is 4.92. The summed E-state index contributed by atoms with van der Waals surface area (Å²) in [6.45, 7) is 12.4. The van der Waals surface area contributed by atoms with Crippen molar-refractivity contribution >= 4 is 8.32 Å². The van der Waals surface area contributed by atoms with E-state index in [1.165, 1.54) is 0 Å². The molecular formula is C21H32O4Si. The van der Waals surface area contributed by atoms with Crippen LogP contribution in [-0.4, -0.2) is 26.1 Å². The lowest BCUT2D eigenvalue weighted by Gasteiger charge is -2.36. The number of aliphatic hydroxyl groups excluding tert-OH is 1. The molecule has 26 heavy (non-hydrogen) atoms. The number of ether oxygens (including phenoxy) is 1. The maximum Gasteiger partial charge on any atom is 0.192 e. The second kappa shape index (κ2) is 9.00. The van der Waals surface area contributed by atoms with E-state index in [4.69, 9.17) is 13.6 Å². The minimum atomic E-state index is -1.81. The van der Waals surface area contributed by atoms with Crippen molar-refractivity contribution in [3.05, 3.63) is 59.5 Å². The lowest BCUT2D eigenvalue weighted by Crippen LogP contribution is -2.40. The van der Waals surface area contributed by atoms with Crippen LogP contribution >= 0.6 is 0 Å². The van der Waals surface area contributed by atoms with Gasteiger partial charge in [0.05, 0.1) is 32.2 Å². The molecule has 0 amide bonds. The van der Waals surface area contributed by atoms with Crippen molar-refractivity contribution in [2.24, 2.45) is 0 Å². The maximum atomic E-state index is 10.3. The van der Waals surface area contributed by atoms with Crippen LogP contribution in [0.5, 0.6) is 0 Å². The summed E-state index contributed by atoms with van der Waals surface area (Å²) in [6, 6.07) is 11.9. The summed E-state index contributed by atoms with van der Waals surface area (Å²) >= 11 is 0. The normalized spacial score (nSPS) is 13.8. The van der Waals surface area contributed by atoms with Gasteiger partial charge in [-0.2, -0.15) is 0 Å². The van der Waals surface area contributed by atoms with Crippen molar-refractivity contribution in [2.75, 3.05) is 6.61 Å². The average molecular weight is 377 g/mol. The van der Waals surface area contributed by atoms with Crippen LogP contribution in [0.25, 0.3) is 0 Å². The van der Waals surface area contributed by atoms with Gasteiger partial charge in [0, 0.05) is 12.0 Å². The second-order valence-corrected chi connectivity index (χ2v) is 13.1. The lowest BCUT2D eigenvalue weighted by molar-refractivity contribution is 0.0263. The molecule has 0 spiro atoms. The predicted molar refractivity (Wildman–Crippen MR) is 107 cm³/mol. The average Bonchev–Trinajstić information content (AvgIpc) is 3.00. The van der Waals surface area contributed by atoms with Gasteiger partial charge in [0.25, 0.3) is 0 Å². The van der Waals surface area contributed by atoms with Crippen LogP contribution in [-0.2, 0) is 28.8 Å². The summed E-state index contributed by atoms with van der Waals surface area (Å²) in [5.41, 5.74) is 2.11. The smallest absolute Gasteiger partial charge is 0.192 e. The zero-order chi connectivity index (χ0) is 19.2. The van der Waals surface area contributed by atoms with Crippen molar-refractivity contribution in [3.63, 3.8) is 0 Å². The largest absolute Gasteiger partial charge is 0.469 e. The molecule has 0 fully saturated rings. The molecule has 4 nitrogen and oxygen atoms in total. The summed E-state index contributed by atoms with van der Waals surface area (Å²) in [5, 5.41) is 10.4. The number of benzene rings is 1. The highest BCUT2D eigenvalue weighted by atomic mass is 28.4. The molecule has 0 saturated heterocycles. The molecule has 2 rings (SSSR count). The van der Waals surface area contributed by atoms with E-state index in [1.54, 1.807) is 6.26 Å². The molecule has 0 aliphatic heterocycles. The second-order valence-electron chi connectivity index (χ2n) is 8.28. The fourth-order valence-corrected chi connectivity index (χ4v) is 3.26. The van der Waals surface area contributed by atoms with Gasteiger partial charge in [0.15, 0.2) is 8.32 Å². The highest BCUT2D eigenvalue weighted by molar-refractivity contribution is 6.74. The van der Waals surface area contributed by atoms with Crippen LogP contribution in [0.15, 0.2) is 47.1 Å². The zero-order valence-electron chi connectivity index (χ0n) is 16.6. The van der Waals surface area contributed by atoms with Gasteiger partial charge in [0.2, 0.25) is 0 Å². The molecule has 1 unspecified atom stereocenters. The third kappa shape index (κ3) is 6.09. The molecular weight excluding hydrogens is 344 g/mol. The van der Waals surface area contributed by atoms with Crippen LogP contribution in [0, 0.1) is 0 Å². The number of rotatable bonds is 9. The fraction of sp³-hybridized carbons (Fsp3) is 0.524. The molecule has 0 aliphatic rings. The van der Waals surface area contributed by atoms with Crippen LogP contribution in [0.3, 0.4) is 0 Å². The Bertz CT molecular complexity index is 658. The van der Waals surface area contributed by atoms with Gasteiger partial charge in [-0.05, 0) is 29.8 Å². The topological polar surface area (TPSA) is 51.8 Å². The van der Waals surface area contributed by atoms with Gasteiger partial charge in [0.1, 0.15) is 5.76 Å². The minimum Gasteiger partial charge on any atom is -0.469 e. The molecule has 1 atom stereocenters. The van der Waals surface area contributed by atoms with Gasteiger partial charge in [-0.3, -0.25) is 0 Å². The Labute approximate surface area is 158 Å². The van der Waals surface area contributed by atoms with Gasteiger partial charge < -0.3 is 18.7 Å². The number of furan rings is 1. The number of hydrogen-bond donors (Lipinski definition) is 1. The summed E-state index contributed by atoms with van der Waals surface area (Å²) < 4.78 is 17.4. The molecule has 144 valence electrons. The van der Waals surface area contributed by atoms with E-state index in [2.05, 4.69) is 33.9 Å². The Hall–Kier alpha value is -1.40. The Morgan fingerprint density at radius 2 is 1.77 bits per heavy atom. The third-order valence-electron chi connectivity index (χ3n) is 5.08. The Morgan fingerprint density at radius 3 is 2.42 bits per heavy atom. The Morgan fingerprint density at radius 1 is 1.08 bits per heavy atom. The van der Waals surface area contributed by atoms with E-state index >= 15 is 0 Å².